The zero-order valence-corrected chi connectivity index (χ0v) is 14.4. The van der Waals surface area contributed by atoms with Crippen LogP contribution in [0.1, 0.15) is 0 Å². The van der Waals surface area contributed by atoms with Gasteiger partial charge < -0.3 is 9.80 Å². The van der Waals surface area contributed by atoms with E-state index in [0.29, 0.717) is 17.8 Å². The maximum Gasteiger partial charge on any atom is 0.226 e. The summed E-state index contributed by atoms with van der Waals surface area (Å²) in [7, 11) is -3.30. The third-order valence-electron chi connectivity index (χ3n) is 4.89. The highest BCUT2D eigenvalue weighted by Crippen LogP contribution is 2.35. The minimum atomic E-state index is -3.30. The maximum atomic E-state index is 11.7. The fraction of sp³-hybridized carbons (Fsp3) is 0.412. The molecule has 2 atom stereocenters. The average molecular weight is 344 g/mol. The van der Waals surface area contributed by atoms with Crippen molar-refractivity contribution in [1.82, 2.24) is 9.97 Å². The van der Waals surface area contributed by atoms with E-state index in [1.807, 2.05) is 6.07 Å². The molecule has 1 aromatic heterocycles. The second kappa shape index (κ2) is 5.73. The number of nitrogens with zero attached hydrogens (tertiary/aromatic N) is 4. The van der Waals surface area contributed by atoms with Gasteiger partial charge in [-0.3, -0.25) is 0 Å². The summed E-state index contributed by atoms with van der Waals surface area (Å²) in [6.45, 7) is 3.80. The van der Waals surface area contributed by atoms with E-state index in [1.165, 1.54) is 24.2 Å². The van der Waals surface area contributed by atoms with Gasteiger partial charge in [0, 0.05) is 56.2 Å². The van der Waals surface area contributed by atoms with Gasteiger partial charge in [-0.1, -0.05) is 18.2 Å². The molecule has 2 saturated heterocycles. The molecular formula is C17H20N4O2S. The lowest BCUT2D eigenvalue weighted by molar-refractivity contribution is 0.533. The molecule has 0 saturated carbocycles. The predicted molar refractivity (Wildman–Crippen MR) is 93.0 cm³/mol. The molecule has 24 heavy (non-hydrogen) atoms. The molecule has 0 spiro atoms. The van der Waals surface area contributed by atoms with Gasteiger partial charge in [-0.2, -0.15) is 0 Å². The largest absolute Gasteiger partial charge is 0.371 e. The lowest BCUT2D eigenvalue weighted by Gasteiger charge is -2.23. The first-order chi connectivity index (χ1) is 11.5. The third-order valence-corrected chi connectivity index (χ3v) is 5.87. The van der Waals surface area contributed by atoms with Crippen molar-refractivity contribution in [2.75, 3.05) is 42.2 Å². The molecule has 0 bridgehead atoms. The summed E-state index contributed by atoms with van der Waals surface area (Å²) in [4.78, 5) is 13.1. The molecule has 0 radical (unpaired) electrons. The number of para-hydroxylation sites is 1. The van der Waals surface area contributed by atoms with Gasteiger partial charge in [0.15, 0.2) is 14.9 Å². The number of anilines is 2. The van der Waals surface area contributed by atoms with Crippen molar-refractivity contribution in [3.8, 4) is 0 Å². The Labute approximate surface area is 142 Å². The number of fused-ring (bicyclic) bond motifs is 1. The van der Waals surface area contributed by atoms with Gasteiger partial charge in [-0.15, -0.1) is 0 Å². The molecule has 2 fully saturated rings. The minimum Gasteiger partial charge on any atom is -0.371 e. The standard InChI is InChI=1S/C17H20N4O2S/c1-24(22,23)16-7-8-18-17(19-16)21-11-13-9-20(10-14(13)12-21)15-5-3-2-4-6-15/h2-8,13-14H,9-12H2,1H3. The predicted octanol–water partition coefficient (Wildman–Crippen LogP) is 1.45. The van der Waals surface area contributed by atoms with Crippen molar-refractivity contribution in [3.05, 3.63) is 42.6 Å². The van der Waals surface area contributed by atoms with E-state index in [4.69, 9.17) is 0 Å². The smallest absolute Gasteiger partial charge is 0.226 e. The van der Waals surface area contributed by atoms with Crippen LogP contribution in [0.15, 0.2) is 47.6 Å². The summed E-state index contributed by atoms with van der Waals surface area (Å²) in [5.41, 5.74) is 1.27. The van der Waals surface area contributed by atoms with E-state index in [-0.39, 0.29) is 5.03 Å². The molecule has 0 aliphatic carbocycles. The fourth-order valence-corrected chi connectivity index (χ4v) is 4.25. The summed E-state index contributed by atoms with van der Waals surface area (Å²) < 4.78 is 23.4. The molecule has 6 nitrogen and oxygen atoms in total. The van der Waals surface area contributed by atoms with Gasteiger partial charge >= 0.3 is 0 Å². The van der Waals surface area contributed by atoms with Crippen molar-refractivity contribution < 1.29 is 8.42 Å². The van der Waals surface area contributed by atoms with Crippen molar-refractivity contribution in [1.29, 1.82) is 0 Å². The molecule has 0 N–H and O–H groups in total. The van der Waals surface area contributed by atoms with Gasteiger partial charge in [0.2, 0.25) is 5.95 Å². The zero-order valence-electron chi connectivity index (χ0n) is 13.5. The molecule has 2 aromatic rings. The first-order valence-corrected chi connectivity index (χ1v) is 9.98. The molecule has 2 unspecified atom stereocenters. The second-order valence-electron chi connectivity index (χ2n) is 6.63. The van der Waals surface area contributed by atoms with Crippen LogP contribution in [0.5, 0.6) is 0 Å². The van der Waals surface area contributed by atoms with Crippen LogP contribution in [-0.2, 0) is 9.84 Å². The zero-order chi connectivity index (χ0) is 16.7. The fourth-order valence-electron chi connectivity index (χ4n) is 3.70. The number of rotatable bonds is 3. The van der Waals surface area contributed by atoms with Crippen LogP contribution in [0, 0.1) is 11.8 Å². The van der Waals surface area contributed by atoms with Gasteiger partial charge in [-0.05, 0) is 18.2 Å². The van der Waals surface area contributed by atoms with E-state index in [9.17, 15) is 8.42 Å². The lowest BCUT2D eigenvalue weighted by Crippen LogP contribution is -2.29. The van der Waals surface area contributed by atoms with Crippen LogP contribution in [0.2, 0.25) is 0 Å². The third kappa shape index (κ3) is 2.84. The molecule has 7 heteroatoms. The summed E-state index contributed by atoms with van der Waals surface area (Å²) in [5, 5.41) is 0.0930. The van der Waals surface area contributed by atoms with Crippen LogP contribution in [0.25, 0.3) is 0 Å². The number of hydrogen-bond donors (Lipinski definition) is 0. The first-order valence-electron chi connectivity index (χ1n) is 8.09. The summed E-state index contributed by atoms with van der Waals surface area (Å²) in [6.07, 6.45) is 2.71. The Hall–Kier alpha value is -2.15. The van der Waals surface area contributed by atoms with Crippen LogP contribution >= 0.6 is 0 Å². The Morgan fingerprint density at radius 2 is 1.58 bits per heavy atom. The Morgan fingerprint density at radius 3 is 2.21 bits per heavy atom. The van der Waals surface area contributed by atoms with E-state index in [1.54, 1.807) is 0 Å². The van der Waals surface area contributed by atoms with Crippen molar-refractivity contribution in [2.24, 2.45) is 11.8 Å². The number of benzene rings is 1. The van der Waals surface area contributed by atoms with E-state index < -0.39 is 9.84 Å². The molecule has 3 heterocycles. The Balaban J connectivity index is 1.48. The molecule has 126 valence electrons. The van der Waals surface area contributed by atoms with Gasteiger partial charge in [0.05, 0.1) is 0 Å². The van der Waals surface area contributed by atoms with Crippen LogP contribution < -0.4 is 9.80 Å². The highest BCUT2D eigenvalue weighted by atomic mass is 32.2. The quantitative estimate of drug-likeness (QED) is 0.785. The Kier molecular flexibility index (Phi) is 3.68. The van der Waals surface area contributed by atoms with Crippen molar-refractivity contribution in [3.63, 3.8) is 0 Å². The van der Waals surface area contributed by atoms with Crippen LogP contribution in [0.3, 0.4) is 0 Å². The number of sulfone groups is 1. The Morgan fingerprint density at radius 1 is 0.958 bits per heavy atom. The minimum absolute atomic E-state index is 0.0930. The highest BCUT2D eigenvalue weighted by molar-refractivity contribution is 7.90. The van der Waals surface area contributed by atoms with E-state index in [2.05, 4.69) is 44.0 Å². The highest BCUT2D eigenvalue weighted by Gasteiger charge is 2.41. The van der Waals surface area contributed by atoms with E-state index in [0.717, 1.165) is 26.2 Å². The van der Waals surface area contributed by atoms with Gasteiger partial charge in [0.25, 0.3) is 0 Å². The molecule has 0 amide bonds. The molecule has 4 rings (SSSR count). The number of hydrogen-bond acceptors (Lipinski definition) is 6. The molecule has 2 aliphatic heterocycles. The van der Waals surface area contributed by atoms with E-state index >= 15 is 0 Å². The van der Waals surface area contributed by atoms with Gasteiger partial charge in [0.1, 0.15) is 0 Å². The summed E-state index contributed by atoms with van der Waals surface area (Å²) in [6, 6.07) is 11.9. The molecule has 1 aromatic carbocycles. The average Bonchev–Trinajstić information content (AvgIpc) is 3.14. The maximum absolute atomic E-state index is 11.7. The van der Waals surface area contributed by atoms with Crippen LogP contribution in [-0.4, -0.2) is 50.8 Å². The first kappa shape index (κ1) is 15.4. The molecule has 2 aliphatic rings. The van der Waals surface area contributed by atoms with Crippen molar-refractivity contribution >= 4 is 21.5 Å². The molecular weight excluding hydrogens is 324 g/mol. The lowest BCUT2D eigenvalue weighted by atomic mass is 10.0. The number of aromatic nitrogens is 2. The van der Waals surface area contributed by atoms with Crippen LogP contribution in [0.4, 0.5) is 11.6 Å². The summed E-state index contributed by atoms with van der Waals surface area (Å²) >= 11 is 0. The summed E-state index contributed by atoms with van der Waals surface area (Å²) in [5.74, 6) is 1.66. The Bertz CT molecular complexity index is 827. The normalized spacial score (nSPS) is 23.5. The monoisotopic (exact) mass is 344 g/mol. The topological polar surface area (TPSA) is 66.4 Å². The van der Waals surface area contributed by atoms with Crippen molar-refractivity contribution in [2.45, 2.75) is 5.03 Å². The second-order valence-corrected chi connectivity index (χ2v) is 8.60. The SMILES string of the molecule is CS(=O)(=O)c1ccnc(N2CC3CN(c4ccccc4)CC3C2)n1. The van der Waals surface area contributed by atoms with Gasteiger partial charge in [-0.25, -0.2) is 18.4 Å².